The summed E-state index contributed by atoms with van der Waals surface area (Å²) in [5.41, 5.74) is 2.68. The van der Waals surface area contributed by atoms with Crippen molar-refractivity contribution in [3.8, 4) is 0 Å². The van der Waals surface area contributed by atoms with Crippen LogP contribution in [-0.2, 0) is 22.4 Å². The minimum absolute atomic E-state index is 0.0215. The lowest BCUT2D eigenvalue weighted by Gasteiger charge is -2.25. The molecule has 1 aliphatic carbocycles. The van der Waals surface area contributed by atoms with Gasteiger partial charge in [0.05, 0.1) is 5.92 Å². The number of carboxylic acids is 1. The molecule has 5 heteroatoms. The number of rotatable bonds is 4. The lowest BCUT2D eigenvalue weighted by Crippen LogP contribution is -2.40. The van der Waals surface area contributed by atoms with Gasteiger partial charge in [-0.15, -0.1) is 0 Å². The van der Waals surface area contributed by atoms with Gasteiger partial charge in [-0.1, -0.05) is 36.5 Å². The molecule has 2 unspecified atom stereocenters. The van der Waals surface area contributed by atoms with E-state index in [4.69, 9.17) is 12.2 Å². The number of nitrogens with one attached hydrogen (secondary N) is 1. The minimum Gasteiger partial charge on any atom is -0.480 e. The van der Waals surface area contributed by atoms with E-state index in [1.54, 1.807) is 0 Å². The number of aryl methyl sites for hydroxylation is 1. The fraction of sp³-hybridized carbons (Fsp3) is 0.471. The van der Waals surface area contributed by atoms with Crippen molar-refractivity contribution in [2.75, 3.05) is 6.54 Å². The van der Waals surface area contributed by atoms with Gasteiger partial charge in [0.2, 0.25) is 0 Å². The summed E-state index contributed by atoms with van der Waals surface area (Å²) in [7, 11) is 0. The zero-order valence-corrected chi connectivity index (χ0v) is 13.1. The molecule has 116 valence electrons. The Morgan fingerprint density at radius 1 is 1.27 bits per heavy atom. The molecule has 1 saturated heterocycles. The first-order chi connectivity index (χ1) is 10.6. The molecule has 2 N–H and O–H groups in total. The molecule has 2 aliphatic rings. The van der Waals surface area contributed by atoms with Gasteiger partial charge < -0.3 is 5.11 Å². The quantitative estimate of drug-likeness (QED) is 0.829. The fourth-order valence-electron chi connectivity index (χ4n) is 3.58. The van der Waals surface area contributed by atoms with Crippen molar-refractivity contribution < 1.29 is 14.7 Å². The highest BCUT2D eigenvalue weighted by Crippen LogP contribution is 2.29. The molecule has 1 aliphatic heterocycles. The topological polar surface area (TPSA) is 66.4 Å². The number of hydrogen-bond donors (Lipinski definition) is 2. The summed E-state index contributed by atoms with van der Waals surface area (Å²) < 4.78 is 0. The molecule has 0 bridgehead atoms. The molecule has 4 nitrogen and oxygen atoms in total. The third-order valence-electron chi connectivity index (χ3n) is 4.73. The Morgan fingerprint density at radius 2 is 2.00 bits per heavy atom. The first-order valence-electron chi connectivity index (χ1n) is 7.64. The summed E-state index contributed by atoms with van der Waals surface area (Å²) in [6.07, 6.45) is 3.29. The highest BCUT2D eigenvalue weighted by molar-refractivity contribution is 7.80. The summed E-state index contributed by atoms with van der Waals surface area (Å²) in [5, 5.41) is 12.0. The van der Waals surface area contributed by atoms with E-state index in [1.165, 1.54) is 11.1 Å². The lowest BCUT2D eigenvalue weighted by molar-refractivity contribution is -0.142. The lowest BCUT2D eigenvalue weighted by atomic mass is 9.79. The van der Waals surface area contributed by atoms with Crippen molar-refractivity contribution in [1.29, 1.82) is 0 Å². The van der Waals surface area contributed by atoms with Crippen molar-refractivity contribution in [2.24, 2.45) is 11.8 Å². The Hall–Kier alpha value is -1.59. The second-order valence-corrected chi connectivity index (χ2v) is 6.71. The molecular weight excluding hydrogens is 298 g/mol. The van der Waals surface area contributed by atoms with Crippen molar-refractivity contribution in [2.45, 2.75) is 31.7 Å². The number of fused-ring (bicyclic) bond motifs is 1. The Bertz CT molecular complexity index is 628. The van der Waals surface area contributed by atoms with Crippen LogP contribution in [0.5, 0.6) is 0 Å². The van der Waals surface area contributed by atoms with Crippen LogP contribution in [0.4, 0.5) is 0 Å². The van der Waals surface area contributed by atoms with Gasteiger partial charge in [0.1, 0.15) is 11.8 Å². The maximum Gasteiger partial charge on any atom is 0.321 e. The monoisotopic (exact) mass is 317 g/mol. The molecule has 0 aromatic heterocycles. The number of hydrogen-bond acceptors (Lipinski definition) is 4. The first kappa shape index (κ1) is 15.3. The predicted molar refractivity (Wildman–Crippen MR) is 87.1 cm³/mol. The Balaban J connectivity index is 1.67. The summed E-state index contributed by atoms with van der Waals surface area (Å²) >= 11 is 5.20. The van der Waals surface area contributed by atoms with Gasteiger partial charge in [-0.2, -0.15) is 0 Å². The second-order valence-electron chi connectivity index (χ2n) is 6.19. The number of carbonyl (C=O) groups excluding carboxylic acids is 1. The number of carbonyl (C=O) groups is 2. The first-order valence-corrected chi connectivity index (χ1v) is 8.05. The summed E-state index contributed by atoms with van der Waals surface area (Å²) in [5.74, 6) is -1.37. The number of thiocarbonyl (C=S) groups is 1. The molecule has 1 aromatic carbocycles. The Morgan fingerprint density at radius 3 is 2.73 bits per heavy atom. The van der Waals surface area contributed by atoms with Gasteiger partial charge in [0, 0.05) is 17.8 Å². The zero-order valence-electron chi connectivity index (χ0n) is 12.2. The van der Waals surface area contributed by atoms with Gasteiger partial charge in [-0.3, -0.25) is 14.9 Å². The SMILES string of the molecule is O=C(CC1CCc2ccccc2C1)C1C(=S)CN[C@@H]1C(=O)O. The maximum atomic E-state index is 12.6. The van der Waals surface area contributed by atoms with E-state index < -0.39 is 17.9 Å². The maximum absolute atomic E-state index is 12.6. The molecule has 0 radical (unpaired) electrons. The normalized spacial score (nSPS) is 27.5. The number of ketones is 1. The van der Waals surface area contributed by atoms with E-state index >= 15 is 0 Å². The molecule has 1 heterocycles. The van der Waals surface area contributed by atoms with E-state index in [2.05, 4.69) is 17.4 Å². The molecular formula is C17H19NO3S. The second kappa shape index (κ2) is 6.26. The van der Waals surface area contributed by atoms with Gasteiger partial charge in [-0.05, 0) is 36.3 Å². The molecule has 1 aromatic rings. The molecule has 3 rings (SSSR count). The van der Waals surface area contributed by atoms with Crippen LogP contribution in [-0.4, -0.2) is 34.3 Å². The van der Waals surface area contributed by atoms with E-state index in [9.17, 15) is 14.7 Å². The molecule has 0 saturated carbocycles. The van der Waals surface area contributed by atoms with E-state index in [1.807, 2.05) is 12.1 Å². The highest BCUT2D eigenvalue weighted by atomic mass is 32.1. The Labute approximate surface area is 134 Å². The predicted octanol–water partition coefficient (Wildman–Crippen LogP) is 1.79. The average Bonchev–Trinajstić information content (AvgIpc) is 2.89. The number of aliphatic carboxylic acids is 1. The van der Waals surface area contributed by atoms with E-state index in [-0.39, 0.29) is 5.78 Å². The summed E-state index contributed by atoms with van der Waals surface area (Å²) in [4.78, 5) is 24.3. The molecule has 3 atom stereocenters. The van der Waals surface area contributed by atoms with Crippen LogP contribution in [0.3, 0.4) is 0 Å². The van der Waals surface area contributed by atoms with E-state index in [0.717, 1.165) is 19.3 Å². The van der Waals surface area contributed by atoms with Gasteiger partial charge in [-0.25, -0.2) is 0 Å². The van der Waals surface area contributed by atoms with Crippen molar-refractivity contribution in [1.82, 2.24) is 5.32 Å². The zero-order chi connectivity index (χ0) is 15.7. The van der Waals surface area contributed by atoms with Crippen LogP contribution in [0.1, 0.15) is 24.0 Å². The smallest absolute Gasteiger partial charge is 0.321 e. The number of carboxylic acid groups (broad SMARTS) is 1. The van der Waals surface area contributed by atoms with Crippen LogP contribution < -0.4 is 5.32 Å². The average molecular weight is 317 g/mol. The molecule has 0 amide bonds. The molecule has 1 fully saturated rings. The van der Waals surface area contributed by atoms with Crippen LogP contribution in [0, 0.1) is 11.8 Å². The van der Waals surface area contributed by atoms with Gasteiger partial charge in [0.25, 0.3) is 0 Å². The van der Waals surface area contributed by atoms with Gasteiger partial charge in [0.15, 0.2) is 0 Å². The van der Waals surface area contributed by atoms with Crippen LogP contribution >= 0.6 is 12.2 Å². The van der Waals surface area contributed by atoms with Crippen LogP contribution in [0.15, 0.2) is 24.3 Å². The third kappa shape index (κ3) is 2.96. The molecule has 0 spiro atoms. The van der Waals surface area contributed by atoms with Crippen molar-refractivity contribution >= 4 is 28.8 Å². The number of Topliss-reactive ketones (excluding diaryl/α,β-unsaturated/α-hetero) is 1. The third-order valence-corrected chi connectivity index (χ3v) is 5.13. The van der Waals surface area contributed by atoms with Gasteiger partial charge >= 0.3 is 5.97 Å². The van der Waals surface area contributed by atoms with Crippen molar-refractivity contribution in [3.05, 3.63) is 35.4 Å². The fourth-order valence-corrected chi connectivity index (χ4v) is 3.93. The number of benzene rings is 1. The molecule has 22 heavy (non-hydrogen) atoms. The highest BCUT2D eigenvalue weighted by Gasteiger charge is 2.41. The summed E-state index contributed by atoms with van der Waals surface area (Å²) in [6.45, 7) is 0.343. The van der Waals surface area contributed by atoms with Crippen molar-refractivity contribution in [3.63, 3.8) is 0 Å². The van der Waals surface area contributed by atoms with Crippen LogP contribution in [0.2, 0.25) is 0 Å². The Kier molecular flexibility index (Phi) is 4.36. The van der Waals surface area contributed by atoms with Crippen LogP contribution in [0.25, 0.3) is 0 Å². The largest absolute Gasteiger partial charge is 0.480 e. The summed E-state index contributed by atoms with van der Waals surface area (Å²) in [6, 6.07) is 7.48. The minimum atomic E-state index is -0.993. The standard InChI is InChI=1S/C17H19NO3S/c19-13(15-14(22)9-18-16(15)17(20)21)8-10-5-6-11-3-1-2-4-12(11)7-10/h1-4,10,15-16,18H,5-9H2,(H,20,21)/t10?,15?,16-/m0/s1. The van der Waals surface area contributed by atoms with E-state index in [0.29, 0.717) is 23.7 Å².